The number of nitrogens with zero attached hydrogens (tertiary/aromatic N) is 1. The molecule has 0 aromatic carbocycles. The fraction of sp³-hybridized carbons (Fsp3) is 1.00. The first kappa shape index (κ1) is 11.0. The van der Waals surface area contributed by atoms with Crippen LogP contribution in [0.25, 0.3) is 0 Å². The van der Waals surface area contributed by atoms with E-state index in [1.54, 1.807) is 0 Å². The molecule has 0 saturated heterocycles. The molecule has 1 aliphatic rings. The first-order valence-corrected chi connectivity index (χ1v) is 5.36. The van der Waals surface area contributed by atoms with Crippen molar-refractivity contribution in [1.29, 1.82) is 0 Å². The predicted octanol–water partition coefficient (Wildman–Crippen LogP) is 1.70. The van der Waals surface area contributed by atoms with Crippen LogP contribution in [0.3, 0.4) is 0 Å². The summed E-state index contributed by atoms with van der Waals surface area (Å²) in [5.41, 5.74) is 6.10. The lowest BCUT2D eigenvalue weighted by Crippen LogP contribution is -2.37. The van der Waals surface area contributed by atoms with Gasteiger partial charge in [-0.05, 0) is 31.2 Å². The highest BCUT2D eigenvalue weighted by atomic mass is 15.1. The molecule has 2 unspecified atom stereocenters. The van der Waals surface area contributed by atoms with Crippen LogP contribution in [-0.2, 0) is 0 Å². The molecule has 1 fully saturated rings. The minimum Gasteiger partial charge on any atom is -0.329 e. The summed E-state index contributed by atoms with van der Waals surface area (Å²) in [5, 5.41) is 0. The van der Waals surface area contributed by atoms with E-state index in [0.717, 1.165) is 25.0 Å². The zero-order valence-corrected chi connectivity index (χ0v) is 9.51. The van der Waals surface area contributed by atoms with Gasteiger partial charge >= 0.3 is 0 Å². The van der Waals surface area contributed by atoms with Crippen LogP contribution in [0.15, 0.2) is 0 Å². The van der Waals surface area contributed by atoms with E-state index in [4.69, 9.17) is 5.73 Å². The zero-order chi connectivity index (χ0) is 10.1. The topological polar surface area (TPSA) is 29.3 Å². The van der Waals surface area contributed by atoms with Gasteiger partial charge in [-0.15, -0.1) is 0 Å². The van der Waals surface area contributed by atoms with Gasteiger partial charge in [-0.25, -0.2) is 0 Å². The zero-order valence-electron chi connectivity index (χ0n) is 9.51. The summed E-state index contributed by atoms with van der Waals surface area (Å²) in [5.74, 6) is 0.826. The van der Waals surface area contributed by atoms with Gasteiger partial charge in [0, 0.05) is 19.1 Å². The third-order valence-electron chi connectivity index (χ3n) is 3.34. The van der Waals surface area contributed by atoms with Gasteiger partial charge in [0.2, 0.25) is 0 Å². The quantitative estimate of drug-likeness (QED) is 0.723. The van der Waals surface area contributed by atoms with E-state index in [2.05, 4.69) is 32.7 Å². The smallest absolute Gasteiger partial charge is 0.0124 e. The summed E-state index contributed by atoms with van der Waals surface area (Å²) in [6.45, 7) is 8.93. The minimum absolute atomic E-state index is 0.535. The van der Waals surface area contributed by atoms with Crippen molar-refractivity contribution in [3.8, 4) is 0 Å². The van der Waals surface area contributed by atoms with Crippen molar-refractivity contribution < 1.29 is 0 Å². The monoisotopic (exact) mass is 184 g/mol. The second kappa shape index (κ2) is 3.97. The van der Waals surface area contributed by atoms with E-state index in [-0.39, 0.29) is 0 Å². The van der Waals surface area contributed by atoms with Crippen LogP contribution < -0.4 is 5.73 Å². The van der Waals surface area contributed by atoms with Crippen LogP contribution in [0.2, 0.25) is 0 Å². The van der Waals surface area contributed by atoms with Gasteiger partial charge in [0.15, 0.2) is 0 Å². The van der Waals surface area contributed by atoms with Crippen molar-refractivity contribution in [1.82, 2.24) is 4.90 Å². The molecular weight excluding hydrogens is 160 g/mol. The van der Waals surface area contributed by atoms with Crippen molar-refractivity contribution >= 4 is 0 Å². The summed E-state index contributed by atoms with van der Waals surface area (Å²) in [6.07, 6.45) is 2.68. The van der Waals surface area contributed by atoms with Crippen LogP contribution in [-0.4, -0.2) is 31.1 Å². The molecule has 2 atom stereocenters. The summed E-state index contributed by atoms with van der Waals surface area (Å²) in [4.78, 5) is 2.43. The Morgan fingerprint density at radius 3 is 2.38 bits per heavy atom. The van der Waals surface area contributed by atoms with Crippen molar-refractivity contribution in [3.05, 3.63) is 0 Å². The molecule has 2 nitrogen and oxygen atoms in total. The molecule has 13 heavy (non-hydrogen) atoms. The highest BCUT2D eigenvalue weighted by Crippen LogP contribution is 2.42. The van der Waals surface area contributed by atoms with Crippen molar-refractivity contribution in [2.75, 3.05) is 20.1 Å². The standard InChI is InChI=1S/C11H24N2/c1-9-7-11(2,3)8-10(9)13(4)6-5-12/h9-10H,5-8,12H2,1-4H3. The van der Waals surface area contributed by atoms with Gasteiger partial charge in [-0.2, -0.15) is 0 Å². The Morgan fingerprint density at radius 2 is 2.00 bits per heavy atom. The van der Waals surface area contributed by atoms with Crippen LogP contribution in [0.5, 0.6) is 0 Å². The molecule has 0 amide bonds. The maximum absolute atomic E-state index is 5.57. The predicted molar refractivity (Wildman–Crippen MR) is 57.7 cm³/mol. The summed E-state index contributed by atoms with van der Waals surface area (Å²) in [6, 6.07) is 0.749. The van der Waals surface area contributed by atoms with E-state index < -0.39 is 0 Å². The van der Waals surface area contributed by atoms with E-state index in [0.29, 0.717) is 5.41 Å². The normalized spacial score (nSPS) is 32.8. The van der Waals surface area contributed by atoms with Gasteiger partial charge in [0.1, 0.15) is 0 Å². The fourth-order valence-corrected chi connectivity index (χ4v) is 2.82. The number of nitrogens with two attached hydrogens (primary N) is 1. The van der Waals surface area contributed by atoms with Crippen molar-refractivity contribution in [2.45, 2.75) is 39.7 Å². The minimum atomic E-state index is 0.535. The Morgan fingerprint density at radius 1 is 1.38 bits per heavy atom. The summed E-state index contributed by atoms with van der Waals surface area (Å²) < 4.78 is 0. The lowest BCUT2D eigenvalue weighted by molar-refractivity contribution is 0.205. The maximum Gasteiger partial charge on any atom is 0.0124 e. The maximum atomic E-state index is 5.57. The van der Waals surface area contributed by atoms with Crippen LogP contribution in [0, 0.1) is 11.3 Å². The third kappa shape index (κ3) is 2.68. The molecule has 0 bridgehead atoms. The van der Waals surface area contributed by atoms with E-state index in [9.17, 15) is 0 Å². The highest BCUT2D eigenvalue weighted by Gasteiger charge is 2.38. The Hall–Kier alpha value is -0.0800. The van der Waals surface area contributed by atoms with E-state index >= 15 is 0 Å². The third-order valence-corrected chi connectivity index (χ3v) is 3.34. The van der Waals surface area contributed by atoms with Crippen molar-refractivity contribution in [3.63, 3.8) is 0 Å². The lowest BCUT2D eigenvalue weighted by Gasteiger charge is -2.27. The molecule has 78 valence electrons. The number of likely N-dealkylation sites (N-methyl/N-ethyl adjacent to an activating group) is 1. The lowest BCUT2D eigenvalue weighted by atomic mass is 9.91. The SMILES string of the molecule is CC1CC(C)(C)CC1N(C)CCN. The molecule has 1 aliphatic carbocycles. The molecule has 0 aromatic heterocycles. The molecule has 0 aliphatic heterocycles. The van der Waals surface area contributed by atoms with Gasteiger partial charge in [-0.3, -0.25) is 0 Å². The second-order valence-corrected chi connectivity index (χ2v) is 5.39. The first-order valence-electron chi connectivity index (χ1n) is 5.36. The Balaban J connectivity index is 2.52. The molecule has 2 heteroatoms. The highest BCUT2D eigenvalue weighted by molar-refractivity contribution is 4.91. The summed E-state index contributed by atoms with van der Waals surface area (Å²) >= 11 is 0. The van der Waals surface area contributed by atoms with Gasteiger partial charge in [0.25, 0.3) is 0 Å². The second-order valence-electron chi connectivity index (χ2n) is 5.39. The van der Waals surface area contributed by atoms with E-state index in [1.165, 1.54) is 12.8 Å². The first-order chi connectivity index (χ1) is 5.96. The Bertz CT molecular complexity index is 165. The van der Waals surface area contributed by atoms with Crippen molar-refractivity contribution in [2.24, 2.45) is 17.1 Å². The largest absolute Gasteiger partial charge is 0.329 e. The molecule has 0 aromatic rings. The Kier molecular flexibility index (Phi) is 3.36. The van der Waals surface area contributed by atoms with Gasteiger partial charge in [-0.1, -0.05) is 20.8 Å². The molecule has 2 N–H and O–H groups in total. The average molecular weight is 184 g/mol. The summed E-state index contributed by atoms with van der Waals surface area (Å²) in [7, 11) is 2.20. The molecule has 1 rings (SSSR count). The molecular formula is C11H24N2. The average Bonchev–Trinajstić information content (AvgIpc) is 2.25. The van der Waals surface area contributed by atoms with E-state index in [1.807, 2.05) is 0 Å². The van der Waals surface area contributed by atoms with Crippen LogP contribution >= 0.6 is 0 Å². The van der Waals surface area contributed by atoms with Gasteiger partial charge in [0.05, 0.1) is 0 Å². The van der Waals surface area contributed by atoms with Crippen LogP contribution in [0.4, 0.5) is 0 Å². The number of hydrogen-bond acceptors (Lipinski definition) is 2. The Labute approximate surface area is 82.5 Å². The fourth-order valence-electron chi connectivity index (χ4n) is 2.82. The van der Waals surface area contributed by atoms with Gasteiger partial charge < -0.3 is 10.6 Å². The number of hydrogen-bond donors (Lipinski definition) is 1. The molecule has 0 spiro atoms. The molecule has 0 heterocycles. The molecule has 0 radical (unpaired) electrons. The van der Waals surface area contributed by atoms with Crippen LogP contribution in [0.1, 0.15) is 33.6 Å². The number of rotatable bonds is 3. The molecule has 1 saturated carbocycles.